The highest BCUT2D eigenvalue weighted by atomic mass is 79.9. The summed E-state index contributed by atoms with van der Waals surface area (Å²) in [5.41, 5.74) is 1.25. The summed E-state index contributed by atoms with van der Waals surface area (Å²) in [6, 6.07) is 2.05. The molecule has 4 heteroatoms. The SMILES string of the molecule is CN1CCn2nccc2[C@@H]1Br. The zero-order chi connectivity index (χ0) is 7.84. The Labute approximate surface area is 74.1 Å². The van der Waals surface area contributed by atoms with Crippen molar-refractivity contribution in [2.24, 2.45) is 0 Å². The van der Waals surface area contributed by atoms with Crippen molar-refractivity contribution < 1.29 is 0 Å². The van der Waals surface area contributed by atoms with Gasteiger partial charge < -0.3 is 0 Å². The van der Waals surface area contributed by atoms with Gasteiger partial charge in [0.1, 0.15) is 4.95 Å². The van der Waals surface area contributed by atoms with Gasteiger partial charge in [0.25, 0.3) is 0 Å². The van der Waals surface area contributed by atoms with Crippen molar-refractivity contribution in [3.8, 4) is 0 Å². The van der Waals surface area contributed by atoms with Crippen molar-refractivity contribution in [3.63, 3.8) is 0 Å². The van der Waals surface area contributed by atoms with Crippen LogP contribution in [0.5, 0.6) is 0 Å². The molecule has 0 bridgehead atoms. The predicted molar refractivity (Wildman–Crippen MR) is 46.5 cm³/mol. The van der Waals surface area contributed by atoms with E-state index in [1.807, 2.05) is 10.9 Å². The van der Waals surface area contributed by atoms with Gasteiger partial charge in [-0.2, -0.15) is 5.10 Å². The Bertz CT molecular complexity index is 258. The van der Waals surface area contributed by atoms with Gasteiger partial charge >= 0.3 is 0 Å². The first-order chi connectivity index (χ1) is 5.29. The minimum atomic E-state index is 0.332. The van der Waals surface area contributed by atoms with Crippen LogP contribution in [0.4, 0.5) is 0 Å². The molecule has 1 aromatic heterocycles. The molecule has 0 amide bonds. The first kappa shape index (κ1) is 7.31. The van der Waals surface area contributed by atoms with Gasteiger partial charge in [-0.1, -0.05) is 15.9 Å². The topological polar surface area (TPSA) is 21.1 Å². The fraction of sp³-hybridized carbons (Fsp3) is 0.571. The zero-order valence-corrected chi connectivity index (χ0v) is 7.95. The quantitative estimate of drug-likeness (QED) is 0.480. The first-order valence-corrected chi connectivity index (χ1v) is 4.56. The number of rotatable bonds is 0. The number of fused-ring (bicyclic) bond motifs is 1. The third-order valence-corrected chi connectivity index (χ3v) is 3.21. The predicted octanol–water partition coefficient (Wildman–Crippen LogP) is 1.22. The zero-order valence-electron chi connectivity index (χ0n) is 6.37. The number of halogens is 1. The molecule has 1 aliphatic heterocycles. The molecular weight excluding hydrogens is 206 g/mol. The van der Waals surface area contributed by atoms with Gasteiger partial charge in [0.05, 0.1) is 12.2 Å². The second-order valence-electron chi connectivity index (χ2n) is 2.80. The van der Waals surface area contributed by atoms with Crippen LogP contribution in [0.15, 0.2) is 12.3 Å². The highest BCUT2D eigenvalue weighted by Crippen LogP contribution is 2.28. The van der Waals surface area contributed by atoms with Crippen LogP contribution in [-0.4, -0.2) is 28.3 Å². The van der Waals surface area contributed by atoms with E-state index in [0.717, 1.165) is 13.1 Å². The number of nitrogens with zero attached hydrogens (tertiary/aromatic N) is 3. The van der Waals surface area contributed by atoms with E-state index in [-0.39, 0.29) is 0 Å². The van der Waals surface area contributed by atoms with Crippen LogP contribution in [-0.2, 0) is 6.54 Å². The maximum atomic E-state index is 4.20. The Morgan fingerprint density at radius 2 is 2.45 bits per heavy atom. The van der Waals surface area contributed by atoms with Crippen LogP contribution in [0, 0.1) is 0 Å². The Balaban J connectivity index is 2.38. The lowest BCUT2D eigenvalue weighted by atomic mass is 10.3. The molecule has 60 valence electrons. The average Bonchev–Trinajstić information content (AvgIpc) is 2.45. The number of aromatic nitrogens is 2. The lowest BCUT2D eigenvalue weighted by Crippen LogP contribution is -2.32. The molecule has 0 unspecified atom stereocenters. The summed E-state index contributed by atoms with van der Waals surface area (Å²) in [5.74, 6) is 0. The summed E-state index contributed by atoms with van der Waals surface area (Å²) < 4.78 is 2.04. The molecule has 0 radical (unpaired) electrons. The second kappa shape index (κ2) is 2.60. The third kappa shape index (κ3) is 1.10. The maximum absolute atomic E-state index is 4.20. The summed E-state index contributed by atoms with van der Waals surface area (Å²) in [4.78, 5) is 2.59. The molecule has 0 N–H and O–H groups in total. The number of alkyl halides is 1. The van der Waals surface area contributed by atoms with Crippen molar-refractivity contribution in [1.29, 1.82) is 0 Å². The van der Waals surface area contributed by atoms with Gasteiger partial charge in [0.2, 0.25) is 0 Å². The van der Waals surface area contributed by atoms with Gasteiger partial charge in [-0.05, 0) is 13.1 Å². The van der Waals surface area contributed by atoms with E-state index in [9.17, 15) is 0 Å². The number of likely N-dealkylation sites (N-methyl/N-ethyl adjacent to an activating group) is 1. The molecule has 2 heterocycles. The summed E-state index contributed by atoms with van der Waals surface area (Å²) >= 11 is 3.60. The molecule has 0 saturated heterocycles. The fourth-order valence-corrected chi connectivity index (χ4v) is 1.92. The smallest absolute Gasteiger partial charge is 0.108 e. The van der Waals surface area contributed by atoms with E-state index in [2.05, 4.69) is 39.0 Å². The van der Waals surface area contributed by atoms with Crippen molar-refractivity contribution in [2.45, 2.75) is 11.5 Å². The molecule has 1 aromatic rings. The van der Waals surface area contributed by atoms with E-state index in [0.29, 0.717) is 4.95 Å². The normalized spacial score (nSPS) is 25.1. The third-order valence-electron chi connectivity index (χ3n) is 2.04. The van der Waals surface area contributed by atoms with Gasteiger partial charge in [0, 0.05) is 12.7 Å². The molecule has 1 atom stereocenters. The molecule has 0 aliphatic carbocycles. The summed E-state index contributed by atoms with van der Waals surface area (Å²) in [6.45, 7) is 2.06. The van der Waals surface area contributed by atoms with Crippen molar-refractivity contribution in [1.82, 2.24) is 14.7 Å². The highest BCUT2D eigenvalue weighted by Gasteiger charge is 2.21. The van der Waals surface area contributed by atoms with E-state index in [1.54, 1.807) is 0 Å². The van der Waals surface area contributed by atoms with Crippen LogP contribution in [0.25, 0.3) is 0 Å². The van der Waals surface area contributed by atoms with Crippen molar-refractivity contribution in [3.05, 3.63) is 18.0 Å². The Hall–Kier alpha value is -0.350. The molecule has 11 heavy (non-hydrogen) atoms. The Morgan fingerprint density at radius 3 is 3.27 bits per heavy atom. The Kier molecular flexibility index (Phi) is 1.73. The summed E-state index contributed by atoms with van der Waals surface area (Å²) in [5, 5.41) is 4.20. The second-order valence-corrected chi connectivity index (χ2v) is 3.66. The molecule has 0 saturated carbocycles. The summed E-state index contributed by atoms with van der Waals surface area (Å²) in [6.07, 6.45) is 1.85. The molecule has 1 aliphatic rings. The monoisotopic (exact) mass is 215 g/mol. The fourth-order valence-electron chi connectivity index (χ4n) is 1.32. The molecule has 3 nitrogen and oxygen atoms in total. The lowest BCUT2D eigenvalue weighted by Gasteiger charge is -2.28. The number of hydrogen-bond acceptors (Lipinski definition) is 2. The number of hydrogen-bond donors (Lipinski definition) is 0. The van der Waals surface area contributed by atoms with Gasteiger partial charge in [0.15, 0.2) is 0 Å². The van der Waals surface area contributed by atoms with Crippen LogP contribution in [0.2, 0.25) is 0 Å². The van der Waals surface area contributed by atoms with E-state index >= 15 is 0 Å². The van der Waals surface area contributed by atoms with Crippen molar-refractivity contribution >= 4 is 15.9 Å². The maximum Gasteiger partial charge on any atom is 0.108 e. The van der Waals surface area contributed by atoms with Crippen LogP contribution >= 0.6 is 15.9 Å². The highest BCUT2D eigenvalue weighted by molar-refractivity contribution is 9.09. The lowest BCUT2D eigenvalue weighted by molar-refractivity contribution is 0.256. The van der Waals surface area contributed by atoms with Crippen molar-refractivity contribution in [2.75, 3.05) is 13.6 Å². The molecule has 2 rings (SSSR count). The standard InChI is InChI=1S/C7H10BrN3/c1-10-4-5-11-6(7(10)8)2-3-9-11/h2-3,7H,4-5H2,1H3/t7-/m1/s1. The van der Waals surface area contributed by atoms with Gasteiger partial charge in [-0.25, -0.2) is 0 Å². The molecular formula is C7H10BrN3. The van der Waals surface area contributed by atoms with Crippen LogP contribution in [0.1, 0.15) is 10.6 Å². The minimum absolute atomic E-state index is 0.332. The van der Waals surface area contributed by atoms with Crippen LogP contribution in [0.3, 0.4) is 0 Å². The van der Waals surface area contributed by atoms with Crippen LogP contribution < -0.4 is 0 Å². The molecule has 0 spiro atoms. The van der Waals surface area contributed by atoms with E-state index < -0.39 is 0 Å². The molecule has 0 fully saturated rings. The van der Waals surface area contributed by atoms with E-state index in [1.165, 1.54) is 5.69 Å². The first-order valence-electron chi connectivity index (χ1n) is 3.65. The van der Waals surface area contributed by atoms with E-state index in [4.69, 9.17) is 0 Å². The van der Waals surface area contributed by atoms with Gasteiger partial charge in [-0.15, -0.1) is 0 Å². The molecule has 0 aromatic carbocycles. The average molecular weight is 216 g/mol. The largest absolute Gasteiger partial charge is 0.287 e. The minimum Gasteiger partial charge on any atom is -0.287 e. The van der Waals surface area contributed by atoms with Gasteiger partial charge in [-0.3, -0.25) is 9.58 Å². The Morgan fingerprint density at radius 1 is 1.64 bits per heavy atom. The summed E-state index contributed by atoms with van der Waals surface area (Å²) in [7, 11) is 2.11.